The first-order chi connectivity index (χ1) is 6.74. The van der Waals surface area contributed by atoms with Gasteiger partial charge in [0.15, 0.2) is 5.82 Å². The molecule has 14 heavy (non-hydrogen) atoms. The lowest BCUT2D eigenvalue weighted by molar-refractivity contribution is 0.698. The first-order valence-electron chi connectivity index (χ1n) is 4.50. The summed E-state index contributed by atoms with van der Waals surface area (Å²) < 4.78 is 0. The molecule has 0 aromatic carbocycles. The predicted octanol–water partition coefficient (Wildman–Crippen LogP) is 1.18. The Labute approximate surface area is 87.5 Å². The van der Waals surface area contributed by atoms with Crippen LogP contribution in [0.5, 0.6) is 0 Å². The lowest BCUT2D eigenvalue weighted by Gasteiger charge is -2.10. The first kappa shape index (κ1) is 11.1. The van der Waals surface area contributed by atoms with Crippen LogP contribution in [0.15, 0.2) is 17.2 Å². The van der Waals surface area contributed by atoms with Crippen molar-refractivity contribution >= 4 is 17.6 Å². The van der Waals surface area contributed by atoms with Crippen molar-refractivity contribution in [2.24, 2.45) is 5.92 Å². The van der Waals surface area contributed by atoms with Crippen molar-refractivity contribution < 1.29 is 0 Å². The first-order valence-corrected chi connectivity index (χ1v) is 5.90. The lowest BCUT2D eigenvalue weighted by Crippen LogP contribution is -2.20. The summed E-state index contributed by atoms with van der Waals surface area (Å²) in [6.45, 7) is 2.92. The Morgan fingerprint density at radius 1 is 1.71 bits per heavy atom. The summed E-state index contributed by atoms with van der Waals surface area (Å²) in [5, 5.41) is 3.03. The molecule has 0 aliphatic carbocycles. The van der Waals surface area contributed by atoms with Gasteiger partial charge >= 0.3 is 0 Å². The fraction of sp³-hybridized carbons (Fsp3) is 0.556. The van der Waals surface area contributed by atoms with E-state index in [9.17, 15) is 4.79 Å². The Balaban J connectivity index is 2.46. The molecule has 0 aliphatic rings. The van der Waals surface area contributed by atoms with E-state index in [0.29, 0.717) is 11.7 Å². The smallest absolute Gasteiger partial charge is 0.290 e. The van der Waals surface area contributed by atoms with Crippen LogP contribution in [0.1, 0.15) is 6.92 Å². The lowest BCUT2D eigenvalue weighted by atomic mass is 10.2. The van der Waals surface area contributed by atoms with Gasteiger partial charge in [0.05, 0.1) is 0 Å². The van der Waals surface area contributed by atoms with E-state index >= 15 is 0 Å². The van der Waals surface area contributed by atoms with Crippen LogP contribution < -0.4 is 10.9 Å². The Kier molecular flexibility index (Phi) is 4.52. The number of hydrogen-bond donors (Lipinski definition) is 2. The topological polar surface area (TPSA) is 57.8 Å². The van der Waals surface area contributed by atoms with Gasteiger partial charge in [0, 0.05) is 18.9 Å². The van der Waals surface area contributed by atoms with Crippen molar-refractivity contribution in [1.29, 1.82) is 0 Å². The van der Waals surface area contributed by atoms with Gasteiger partial charge in [-0.3, -0.25) is 4.79 Å². The van der Waals surface area contributed by atoms with Crippen molar-refractivity contribution in [1.82, 2.24) is 9.97 Å². The van der Waals surface area contributed by atoms with Gasteiger partial charge in [-0.2, -0.15) is 11.8 Å². The molecule has 0 saturated carbocycles. The van der Waals surface area contributed by atoms with Gasteiger partial charge in [0.25, 0.3) is 5.56 Å². The van der Waals surface area contributed by atoms with Crippen molar-refractivity contribution in [2.75, 3.05) is 23.9 Å². The SMILES string of the molecule is CSCC(C)CNc1ncc[nH]c1=O. The fourth-order valence-corrected chi connectivity index (χ4v) is 1.78. The molecule has 2 N–H and O–H groups in total. The number of thioether (sulfide) groups is 1. The third-order valence-electron chi connectivity index (χ3n) is 1.78. The molecule has 4 nitrogen and oxygen atoms in total. The molecule has 1 atom stereocenters. The van der Waals surface area contributed by atoms with Crippen LogP contribution in [0.3, 0.4) is 0 Å². The fourth-order valence-electron chi connectivity index (χ4n) is 1.09. The number of rotatable bonds is 5. The number of aromatic nitrogens is 2. The molecule has 0 aliphatic heterocycles. The van der Waals surface area contributed by atoms with E-state index in [1.807, 2.05) is 0 Å². The highest BCUT2D eigenvalue weighted by atomic mass is 32.2. The average molecular weight is 213 g/mol. The standard InChI is InChI=1S/C9H15N3OS/c1-7(6-14-2)5-12-8-9(13)11-4-3-10-8/h3-4,7H,5-6H2,1-2H3,(H,10,12)(H,11,13). The van der Waals surface area contributed by atoms with Gasteiger partial charge in [0.1, 0.15) is 0 Å². The van der Waals surface area contributed by atoms with Crippen LogP contribution in [0.4, 0.5) is 5.82 Å². The van der Waals surface area contributed by atoms with Gasteiger partial charge in [-0.05, 0) is 17.9 Å². The van der Waals surface area contributed by atoms with Crippen molar-refractivity contribution in [3.05, 3.63) is 22.7 Å². The zero-order valence-corrected chi connectivity index (χ0v) is 9.23. The number of H-pyrrole nitrogens is 1. The number of anilines is 1. The maximum Gasteiger partial charge on any atom is 0.290 e. The van der Waals surface area contributed by atoms with Crippen molar-refractivity contribution in [3.63, 3.8) is 0 Å². The zero-order valence-electron chi connectivity index (χ0n) is 8.41. The third kappa shape index (κ3) is 3.41. The zero-order chi connectivity index (χ0) is 10.4. The summed E-state index contributed by atoms with van der Waals surface area (Å²) in [4.78, 5) is 17.7. The summed E-state index contributed by atoms with van der Waals surface area (Å²) in [6.07, 6.45) is 5.17. The van der Waals surface area contributed by atoms with E-state index in [2.05, 4.69) is 28.5 Å². The molecule has 1 aromatic heterocycles. The van der Waals surface area contributed by atoms with Crippen LogP contribution >= 0.6 is 11.8 Å². The monoisotopic (exact) mass is 213 g/mol. The van der Waals surface area contributed by atoms with E-state index < -0.39 is 0 Å². The Bertz CT molecular complexity index is 326. The molecule has 1 heterocycles. The van der Waals surface area contributed by atoms with E-state index in [4.69, 9.17) is 0 Å². The maximum atomic E-state index is 11.2. The third-order valence-corrected chi connectivity index (χ3v) is 2.68. The molecule has 0 saturated heterocycles. The molecule has 0 amide bonds. The van der Waals surface area contributed by atoms with Crippen LogP contribution in [-0.4, -0.2) is 28.5 Å². The molecular formula is C9H15N3OS. The highest BCUT2D eigenvalue weighted by Crippen LogP contribution is 2.04. The van der Waals surface area contributed by atoms with Gasteiger partial charge in [-0.25, -0.2) is 4.98 Å². The second-order valence-corrected chi connectivity index (χ2v) is 4.12. The summed E-state index contributed by atoms with van der Waals surface area (Å²) in [7, 11) is 0. The Hall–Kier alpha value is -0.970. The number of nitrogens with one attached hydrogen (secondary N) is 2. The minimum absolute atomic E-state index is 0.163. The van der Waals surface area contributed by atoms with Crippen LogP contribution in [-0.2, 0) is 0 Å². The molecule has 0 spiro atoms. The quantitative estimate of drug-likeness (QED) is 0.771. The molecule has 0 radical (unpaired) electrons. The summed E-state index contributed by atoms with van der Waals surface area (Å²) in [5.41, 5.74) is -0.163. The highest BCUT2D eigenvalue weighted by Gasteiger charge is 2.03. The van der Waals surface area contributed by atoms with Gasteiger partial charge in [0.2, 0.25) is 0 Å². The molecule has 1 aromatic rings. The van der Waals surface area contributed by atoms with E-state index in [0.717, 1.165) is 12.3 Å². The number of aromatic amines is 1. The summed E-state index contributed by atoms with van der Waals surface area (Å²) >= 11 is 1.80. The highest BCUT2D eigenvalue weighted by molar-refractivity contribution is 7.98. The van der Waals surface area contributed by atoms with E-state index in [1.165, 1.54) is 6.20 Å². The Morgan fingerprint density at radius 3 is 3.14 bits per heavy atom. The maximum absolute atomic E-state index is 11.2. The van der Waals surface area contributed by atoms with E-state index in [1.54, 1.807) is 18.0 Å². The van der Waals surface area contributed by atoms with Crippen molar-refractivity contribution in [3.8, 4) is 0 Å². The number of nitrogens with zero attached hydrogens (tertiary/aromatic N) is 1. The summed E-state index contributed by atoms with van der Waals surface area (Å²) in [5.74, 6) is 2.02. The normalized spacial score (nSPS) is 12.4. The minimum atomic E-state index is -0.163. The molecule has 5 heteroatoms. The van der Waals surface area contributed by atoms with Gasteiger partial charge in [-0.15, -0.1) is 0 Å². The Morgan fingerprint density at radius 2 is 2.50 bits per heavy atom. The van der Waals surface area contributed by atoms with Crippen LogP contribution in [0.2, 0.25) is 0 Å². The van der Waals surface area contributed by atoms with Crippen LogP contribution in [0, 0.1) is 5.92 Å². The number of hydrogen-bond acceptors (Lipinski definition) is 4. The van der Waals surface area contributed by atoms with E-state index in [-0.39, 0.29) is 5.56 Å². The molecular weight excluding hydrogens is 198 g/mol. The second kappa shape index (κ2) is 5.70. The predicted molar refractivity (Wildman–Crippen MR) is 60.9 cm³/mol. The molecule has 78 valence electrons. The average Bonchev–Trinajstić information content (AvgIpc) is 2.17. The molecule has 0 bridgehead atoms. The molecule has 1 rings (SSSR count). The molecule has 0 fully saturated rings. The van der Waals surface area contributed by atoms with Crippen LogP contribution in [0.25, 0.3) is 0 Å². The van der Waals surface area contributed by atoms with Crippen molar-refractivity contribution in [2.45, 2.75) is 6.92 Å². The second-order valence-electron chi connectivity index (χ2n) is 3.21. The van der Waals surface area contributed by atoms with Gasteiger partial charge < -0.3 is 10.3 Å². The van der Waals surface area contributed by atoms with Gasteiger partial charge in [-0.1, -0.05) is 6.92 Å². The minimum Gasteiger partial charge on any atom is -0.365 e. The summed E-state index contributed by atoms with van der Waals surface area (Å²) in [6, 6.07) is 0. The molecule has 1 unspecified atom stereocenters. The largest absolute Gasteiger partial charge is 0.365 e.